The van der Waals surface area contributed by atoms with Gasteiger partial charge in [-0.1, -0.05) is 28.1 Å². The molecule has 0 aliphatic carbocycles. The van der Waals surface area contributed by atoms with Crippen molar-refractivity contribution in [3.63, 3.8) is 0 Å². The number of rotatable bonds is 6. The molecule has 6 nitrogen and oxygen atoms in total. The highest BCUT2D eigenvalue weighted by molar-refractivity contribution is 9.10. The highest BCUT2D eigenvalue weighted by Gasteiger charge is 2.07. The van der Waals surface area contributed by atoms with E-state index in [0.29, 0.717) is 18.5 Å². The molecule has 21 heavy (non-hydrogen) atoms. The highest BCUT2D eigenvalue weighted by Crippen LogP contribution is 2.13. The van der Waals surface area contributed by atoms with Gasteiger partial charge in [0.2, 0.25) is 5.91 Å². The fraction of sp³-hybridized carbons (Fsp3) is 0.214. The van der Waals surface area contributed by atoms with Crippen molar-refractivity contribution in [2.45, 2.75) is 19.4 Å². The molecule has 0 saturated heterocycles. The van der Waals surface area contributed by atoms with Crippen molar-refractivity contribution in [1.29, 1.82) is 0 Å². The van der Waals surface area contributed by atoms with Gasteiger partial charge in [-0.2, -0.15) is 5.10 Å². The number of nitrogens with one attached hydrogen (secondary N) is 1. The van der Waals surface area contributed by atoms with Crippen LogP contribution in [0.15, 0.2) is 41.1 Å². The molecule has 0 atom stereocenters. The molecule has 0 unspecified atom stereocenters. The number of hydrogen-bond acceptors (Lipinski definition) is 3. The summed E-state index contributed by atoms with van der Waals surface area (Å²) >= 11 is 3.39. The molecular weight excluding hydrogens is 338 g/mol. The molecule has 0 fully saturated rings. The highest BCUT2D eigenvalue weighted by atomic mass is 79.9. The summed E-state index contributed by atoms with van der Waals surface area (Å²) in [6, 6.07) is 7.79. The standard InChI is InChI=1S/C14H14BrN3O3/c15-11-3-1-2-10(6-11)4-5-13(19)17-12-7-16-18(8-12)9-14(20)21/h1-3,6-8H,4-5,9H2,(H,17,19)(H,20,21). The quantitative estimate of drug-likeness (QED) is 0.836. The molecule has 0 bridgehead atoms. The SMILES string of the molecule is O=C(O)Cn1cc(NC(=O)CCc2cccc(Br)c2)cn1. The number of aryl methyl sites for hydroxylation is 1. The third kappa shape index (κ3) is 5.03. The van der Waals surface area contributed by atoms with E-state index >= 15 is 0 Å². The average molecular weight is 352 g/mol. The van der Waals surface area contributed by atoms with Crippen LogP contribution in [-0.2, 0) is 22.6 Å². The van der Waals surface area contributed by atoms with Gasteiger partial charge in [-0.3, -0.25) is 14.3 Å². The molecule has 1 amide bonds. The zero-order valence-corrected chi connectivity index (χ0v) is 12.7. The fourth-order valence-corrected chi connectivity index (χ4v) is 2.27. The molecule has 2 rings (SSSR count). The summed E-state index contributed by atoms with van der Waals surface area (Å²) < 4.78 is 2.24. The lowest BCUT2D eigenvalue weighted by molar-refractivity contribution is -0.137. The van der Waals surface area contributed by atoms with Gasteiger partial charge in [-0.05, 0) is 24.1 Å². The molecule has 0 spiro atoms. The molecule has 2 aromatic rings. The lowest BCUT2D eigenvalue weighted by Gasteiger charge is -2.03. The second-order valence-corrected chi connectivity index (χ2v) is 5.41. The minimum absolute atomic E-state index is 0.134. The Morgan fingerprint density at radius 2 is 2.19 bits per heavy atom. The summed E-state index contributed by atoms with van der Waals surface area (Å²) in [6.45, 7) is -0.228. The van der Waals surface area contributed by atoms with Crippen molar-refractivity contribution >= 4 is 33.5 Å². The van der Waals surface area contributed by atoms with Crippen LogP contribution >= 0.6 is 15.9 Å². The topological polar surface area (TPSA) is 84.2 Å². The van der Waals surface area contributed by atoms with E-state index in [9.17, 15) is 9.59 Å². The first-order chi connectivity index (χ1) is 10.0. The number of halogens is 1. The zero-order chi connectivity index (χ0) is 15.2. The predicted octanol–water partition coefficient (Wildman–Crippen LogP) is 2.30. The third-order valence-electron chi connectivity index (χ3n) is 2.74. The van der Waals surface area contributed by atoms with Gasteiger partial charge in [-0.25, -0.2) is 0 Å². The van der Waals surface area contributed by atoms with Crippen molar-refractivity contribution in [3.8, 4) is 0 Å². The molecule has 0 radical (unpaired) electrons. The van der Waals surface area contributed by atoms with Gasteiger partial charge in [0.05, 0.1) is 11.9 Å². The maximum atomic E-state index is 11.8. The van der Waals surface area contributed by atoms with E-state index in [1.807, 2.05) is 24.3 Å². The van der Waals surface area contributed by atoms with E-state index in [-0.39, 0.29) is 12.5 Å². The first kappa shape index (κ1) is 15.2. The van der Waals surface area contributed by atoms with Crippen LogP contribution in [0.2, 0.25) is 0 Å². The Bertz CT molecular complexity index is 654. The van der Waals surface area contributed by atoms with E-state index < -0.39 is 5.97 Å². The smallest absolute Gasteiger partial charge is 0.325 e. The number of carboxylic acids is 1. The second kappa shape index (κ2) is 7.03. The Labute approximate surface area is 129 Å². The Kier molecular flexibility index (Phi) is 5.10. The summed E-state index contributed by atoms with van der Waals surface area (Å²) in [5.41, 5.74) is 1.57. The Morgan fingerprint density at radius 3 is 2.90 bits per heavy atom. The van der Waals surface area contributed by atoms with E-state index in [0.717, 1.165) is 10.0 Å². The maximum Gasteiger partial charge on any atom is 0.325 e. The van der Waals surface area contributed by atoms with Crippen LogP contribution in [0.1, 0.15) is 12.0 Å². The van der Waals surface area contributed by atoms with Crippen LogP contribution in [0.4, 0.5) is 5.69 Å². The normalized spacial score (nSPS) is 10.3. The molecule has 0 saturated carbocycles. The Hall–Kier alpha value is -2.15. The van der Waals surface area contributed by atoms with Crippen LogP contribution in [0.3, 0.4) is 0 Å². The minimum atomic E-state index is -0.981. The van der Waals surface area contributed by atoms with Crippen molar-refractivity contribution in [2.24, 2.45) is 0 Å². The molecule has 0 aliphatic rings. The van der Waals surface area contributed by atoms with Crippen LogP contribution in [0, 0.1) is 0 Å². The number of aliphatic carboxylic acids is 1. The summed E-state index contributed by atoms with van der Waals surface area (Å²) in [5.74, 6) is -1.12. The van der Waals surface area contributed by atoms with Crippen LogP contribution in [0.5, 0.6) is 0 Å². The third-order valence-corrected chi connectivity index (χ3v) is 3.24. The van der Waals surface area contributed by atoms with Crippen molar-refractivity contribution in [3.05, 3.63) is 46.7 Å². The average Bonchev–Trinajstić information content (AvgIpc) is 2.83. The van der Waals surface area contributed by atoms with Gasteiger partial charge in [0, 0.05) is 17.1 Å². The van der Waals surface area contributed by atoms with E-state index in [4.69, 9.17) is 5.11 Å². The number of carbonyl (C=O) groups is 2. The largest absolute Gasteiger partial charge is 0.480 e. The van der Waals surface area contributed by atoms with E-state index in [2.05, 4.69) is 26.3 Å². The summed E-state index contributed by atoms with van der Waals surface area (Å²) in [6.07, 6.45) is 3.90. The van der Waals surface area contributed by atoms with Gasteiger partial charge in [-0.15, -0.1) is 0 Å². The number of carbonyl (C=O) groups excluding carboxylic acids is 1. The number of amides is 1. The lowest BCUT2D eigenvalue weighted by atomic mass is 10.1. The maximum absolute atomic E-state index is 11.8. The Morgan fingerprint density at radius 1 is 1.38 bits per heavy atom. The molecule has 110 valence electrons. The van der Waals surface area contributed by atoms with Crippen molar-refractivity contribution < 1.29 is 14.7 Å². The van der Waals surface area contributed by atoms with Gasteiger partial charge in [0.25, 0.3) is 0 Å². The monoisotopic (exact) mass is 351 g/mol. The number of nitrogens with zero attached hydrogens (tertiary/aromatic N) is 2. The van der Waals surface area contributed by atoms with Crippen LogP contribution < -0.4 is 5.32 Å². The fourth-order valence-electron chi connectivity index (χ4n) is 1.83. The van der Waals surface area contributed by atoms with Crippen LogP contribution in [-0.4, -0.2) is 26.8 Å². The summed E-state index contributed by atoms with van der Waals surface area (Å²) in [4.78, 5) is 22.4. The van der Waals surface area contributed by atoms with Crippen LogP contribution in [0.25, 0.3) is 0 Å². The Balaban J connectivity index is 1.84. The van der Waals surface area contributed by atoms with Crippen molar-refractivity contribution in [1.82, 2.24) is 9.78 Å². The lowest BCUT2D eigenvalue weighted by Crippen LogP contribution is -2.12. The van der Waals surface area contributed by atoms with E-state index in [1.54, 1.807) is 0 Å². The molecule has 7 heteroatoms. The van der Waals surface area contributed by atoms with E-state index in [1.165, 1.54) is 17.1 Å². The number of benzene rings is 1. The number of anilines is 1. The summed E-state index contributed by atoms with van der Waals surface area (Å²) in [5, 5.41) is 15.2. The number of hydrogen-bond donors (Lipinski definition) is 2. The molecule has 1 heterocycles. The van der Waals surface area contributed by atoms with Crippen molar-refractivity contribution in [2.75, 3.05) is 5.32 Å². The molecule has 1 aromatic heterocycles. The molecular formula is C14H14BrN3O3. The first-order valence-electron chi connectivity index (χ1n) is 6.31. The van der Waals surface area contributed by atoms with Gasteiger partial charge >= 0.3 is 5.97 Å². The second-order valence-electron chi connectivity index (χ2n) is 4.50. The molecule has 2 N–H and O–H groups in total. The predicted molar refractivity (Wildman–Crippen MR) is 81.0 cm³/mol. The zero-order valence-electron chi connectivity index (χ0n) is 11.1. The minimum Gasteiger partial charge on any atom is -0.480 e. The van der Waals surface area contributed by atoms with Gasteiger partial charge in [0.1, 0.15) is 6.54 Å². The molecule has 0 aliphatic heterocycles. The first-order valence-corrected chi connectivity index (χ1v) is 7.11. The number of carboxylic acid groups (broad SMARTS) is 1. The summed E-state index contributed by atoms with van der Waals surface area (Å²) in [7, 11) is 0. The van der Waals surface area contributed by atoms with Gasteiger partial charge in [0.15, 0.2) is 0 Å². The number of aromatic nitrogens is 2. The van der Waals surface area contributed by atoms with Gasteiger partial charge < -0.3 is 10.4 Å². The molecule has 1 aromatic carbocycles.